The summed E-state index contributed by atoms with van der Waals surface area (Å²) in [6.07, 6.45) is 6.41. The van der Waals surface area contributed by atoms with Gasteiger partial charge in [0.05, 0.1) is 28.4 Å². The topological polar surface area (TPSA) is 36.9 Å². The number of hydrogen-bond donors (Lipinski definition) is 0. The second kappa shape index (κ2) is 50.3. The van der Waals surface area contributed by atoms with Crippen LogP contribution in [0.15, 0.2) is 322 Å². The number of benzene rings is 12. The molecule has 5 fully saturated rings. The molecule has 17 rings (SSSR count). The van der Waals surface area contributed by atoms with E-state index in [1.807, 2.05) is 0 Å². The summed E-state index contributed by atoms with van der Waals surface area (Å²) in [5.41, 5.74) is 9.42. The average Bonchev–Trinajstić information content (AvgIpc) is 0.771. The van der Waals surface area contributed by atoms with Gasteiger partial charge in [-0.1, -0.05) is 252 Å². The van der Waals surface area contributed by atoms with Crippen LogP contribution in [0.5, 0.6) is 17.2 Å². The van der Waals surface area contributed by atoms with E-state index in [-0.39, 0.29) is 65.5 Å². The Morgan fingerprint density at radius 2 is 0.588 bits per heavy atom. The Morgan fingerprint density at radius 1 is 0.287 bits per heavy atom. The Bertz CT molecular complexity index is 5390. The Kier molecular flexibility index (Phi) is 40.3. The van der Waals surface area contributed by atoms with E-state index in [1.165, 1.54) is 223 Å². The van der Waals surface area contributed by atoms with E-state index in [4.69, 9.17) is 18.9 Å². The van der Waals surface area contributed by atoms with Crippen LogP contribution in [0.1, 0.15) is 218 Å². The summed E-state index contributed by atoms with van der Waals surface area (Å²) in [6, 6.07) is 102. The summed E-state index contributed by atoms with van der Waals surface area (Å²) in [5, 5.41) is 5.55. The van der Waals surface area contributed by atoms with Gasteiger partial charge in [-0.15, -0.1) is 0 Å². The Labute approximate surface area is 858 Å². The van der Waals surface area contributed by atoms with E-state index in [0.717, 1.165) is 17.2 Å². The van der Waals surface area contributed by atoms with Crippen LogP contribution in [-0.2, 0) is 103 Å². The molecular formula is C122H160O4S10+6. The van der Waals surface area contributed by atoms with E-state index < -0.39 is 0 Å². The molecule has 4 aliphatic heterocycles. The highest BCUT2D eigenvalue weighted by molar-refractivity contribution is 8.06. The molecule has 1 aliphatic carbocycles. The van der Waals surface area contributed by atoms with Gasteiger partial charge in [-0.25, -0.2) is 0 Å². The largest absolute Gasteiger partial charge is 0.491 e. The Morgan fingerprint density at radius 3 is 0.919 bits per heavy atom. The molecule has 0 spiro atoms. The SMILES string of the molecule is CC(C)(C)Oc1ccc([S+]2CCSCC2)cc1.CC(C)(C)c1ccc([S+](c2ccc(C(C)(C)C)cc2)c2ccc(C(C)(C)C)cc2)cc1.CC(C)(C)c1ccc([S+](c2ccccc2)c2ccc(C(C)(C)C)cc2)cc1.CC(C)(C)c1ccc([S+]2CCSCC2)c2ccccc12.CC1(Oc2ccc([S+]3CCSCC3)cc2)CCCCC1.COCCOc1ccc([S+]2CCSCC2)c2ccccc12. The summed E-state index contributed by atoms with van der Waals surface area (Å²) in [7, 11) is 3.33. The molecule has 12 aromatic rings. The second-order valence-corrected chi connectivity index (χ2v) is 61.5. The van der Waals surface area contributed by atoms with Crippen LogP contribution in [0.3, 0.4) is 0 Å². The zero-order valence-electron chi connectivity index (χ0n) is 86.5. The predicted molar refractivity (Wildman–Crippen MR) is 617 cm³/mol. The van der Waals surface area contributed by atoms with Crippen molar-refractivity contribution in [1.82, 2.24) is 0 Å². The first-order chi connectivity index (χ1) is 64.7. The van der Waals surface area contributed by atoms with Gasteiger partial charge >= 0.3 is 0 Å². The molecule has 0 atom stereocenters. The fourth-order valence-electron chi connectivity index (χ4n) is 17.3. The lowest BCUT2D eigenvalue weighted by molar-refractivity contribution is 0.0487. The minimum atomic E-state index is -0.120. The molecule has 1 saturated carbocycles. The van der Waals surface area contributed by atoms with E-state index in [1.54, 1.807) is 12.0 Å². The minimum Gasteiger partial charge on any atom is -0.491 e. The molecule has 4 heterocycles. The molecule has 14 heteroatoms. The van der Waals surface area contributed by atoms with Crippen molar-refractivity contribution in [2.24, 2.45) is 0 Å². The summed E-state index contributed by atoms with van der Waals surface area (Å²) in [4.78, 5) is 14.4. The third-order valence-corrected chi connectivity index (χ3v) is 45.1. The number of rotatable bonds is 17. The second-order valence-electron chi connectivity index (χ2n) is 43.5. The summed E-state index contributed by atoms with van der Waals surface area (Å²) < 4.78 is 23.1. The lowest BCUT2D eigenvalue weighted by atomic mass is 9.84. The van der Waals surface area contributed by atoms with Crippen molar-refractivity contribution in [3.8, 4) is 17.2 Å². The first-order valence-electron chi connectivity index (χ1n) is 49.5. The van der Waals surface area contributed by atoms with E-state index in [9.17, 15) is 0 Å². The van der Waals surface area contributed by atoms with Crippen LogP contribution in [0, 0.1) is 0 Å². The molecule has 0 bridgehead atoms. The number of hydrogen-bond acceptors (Lipinski definition) is 8. The molecule has 136 heavy (non-hydrogen) atoms. The van der Waals surface area contributed by atoms with Crippen molar-refractivity contribution in [3.05, 3.63) is 306 Å². The van der Waals surface area contributed by atoms with Gasteiger partial charge in [-0.2, -0.15) is 47.0 Å². The summed E-state index contributed by atoms with van der Waals surface area (Å²) in [6.45, 7) is 50.8. The maximum Gasteiger partial charge on any atom is 0.166 e. The van der Waals surface area contributed by atoms with E-state index in [2.05, 4.69) is 472 Å². The van der Waals surface area contributed by atoms with Gasteiger partial charge in [0.25, 0.3) is 0 Å². The van der Waals surface area contributed by atoms with E-state index in [0.29, 0.717) is 56.8 Å². The van der Waals surface area contributed by atoms with Crippen LogP contribution in [0.2, 0.25) is 0 Å². The fourth-order valence-corrected chi connectivity index (χ4v) is 37.6. The van der Waals surface area contributed by atoms with Gasteiger partial charge in [0.2, 0.25) is 0 Å². The number of thioether (sulfide) groups is 4. The monoisotopic (exact) mass is 2010 g/mol. The van der Waals surface area contributed by atoms with Crippen LogP contribution in [0.4, 0.5) is 0 Å². The standard InChI is InChI=1S/C30H39S.C26H31S.C18H23S2.C17H21O2S2.C17H25OS2.C14H21OS2/c1-28(2,3)22-10-16-25(17-11-22)31(26-18-12-23(13-19-26)29(4,5)6)27-20-14-24(15-21-27)30(7,8)9;1-25(2,3)20-12-16-23(17-13-20)27(22-10-8-7-9-11-22)24-18-14-21(15-19-24)26(4,5)6;1-18(2,3)16-8-9-17(20-12-10-19-11-13-20)15-7-5-4-6-14(15)16;1-18-8-9-19-16-6-7-17(21-12-10-20-11-13-21)15-5-3-2-4-14(15)16;1-17(9-3-2-4-10-17)18-15-5-7-16(8-6-15)20-13-11-19-12-14-20;1-14(2,3)15-12-4-6-13(7-5-12)17-10-8-16-9-11-17/h10-21H,1-9H3;7-19H,1-6H3;4-9H,10-13H2,1-3H3;2-7H,8-13H2,1H3;5-8H,2-4,9-14H2,1H3;4-7H,8-11H2,1-3H3/q6*+1. The maximum absolute atomic E-state index is 6.28. The predicted octanol–water partition coefficient (Wildman–Crippen LogP) is 32.6. The zero-order valence-corrected chi connectivity index (χ0v) is 94.6. The highest BCUT2D eigenvalue weighted by Crippen LogP contribution is 2.43. The van der Waals surface area contributed by atoms with Gasteiger partial charge in [-0.3, -0.25) is 0 Å². The zero-order chi connectivity index (χ0) is 97.5. The molecule has 0 amide bonds. The van der Waals surface area contributed by atoms with Gasteiger partial charge < -0.3 is 18.9 Å². The van der Waals surface area contributed by atoms with Crippen LogP contribution in [0.25, 0.3) is 21.5 Å². The van der Waals surface area contributed by atoms with Gasteiger partial charge in [0.15, 0.2) is 49.0 Å². The Hall–Kier alpha value is -5.98. The molecule has 12 aromatic carbocycles. The molecule has 0 radical (unpaired) electrons. The minimum absolute atomic E-state index is 0.0729. The van der Waals surface area contributed by atoms with Crippen molar-refractivity contribution in [3.63, 3.8) is 0 Å². The molecule has 5 aliphatic rings. The van der Waals surface area contributed by atoms with Crippen molar-refractivity contribution >= 4 is 134 Å². The fraction of sp³-hybridized carbons (Fsp3) is 0.443. The molecular weight excluding hydrogens is 1850 g/mol. The first-order valence-corrected chi connectivity index (χ1v) is 62.8. The summed E-state index contributed by atoms with van der Waals surface area (Å²) in [5.74, 6) is 24.4. The average molecular weight is 2010 g/mol. The third-order valence-electron chi connectivity index (χ3n) is 25.3. The molecule has 0 unspecified atom stereocenters. The smallest absolute Gasteiger partial charge is 0.166 e. The number of fused-ring (bicyclic) bond motifs is 2. The highest BCUT2D eigenvalue weighted by Gasteiger charge is 2.37. The lowest BCUT2D eigenvalue weighted by Crippen LogP contribution is -2.34. The molecule has 4 nitrogen and oxygen atoms in total. The lowest BCUT2D eigenvalue weighted by Gasteiger charge is -2.34. The third kappa shape index (κ3) is 32.3. The van der Waals surface area contributed by atoms with E-state index >= 15 is 0 Å². The normalized spacial score (nSPS) is 16.2. The number of methoxy groups -OCH3 is 1. The van der Waals surface area contributed by atoms with Crippen LogP contribution >= 0.6 is 47.0 Å². The Balaban J connectivity index is 0.000000148. The molecule has 0 aromatic heterocycles. The maximum atomic E-state index is 6.28. The molecule has 726 valence electrons. The van der Waals surface area contributed by atoms with Gasteiger partial charge in [-0.05, 0) is 276 Å². The van der Waals surface area contributed by atoms with Gasteiger partial charge in [0, 0.05) is 113 Å². The van der Waals surface area contributed by atoms with Crippen LogP contribution < -0.4 is 14.2 Å². The van der Waals surface area contributed by atoms with Crippen molar-refractivity contribution in [1.29, 1.82) is 0 Å². The van der Waals surface area contributed by atoms with Gasteiger partial charge in [0.1, 0.15) is 81.1 Å². The molecule has 0 N–H and O–H groups in total. The van der Waals surface area contributed by atoms with Crippen molar-refractivity contribution < 1.29 is 18.9 Å². The van der Waals surface area contributed by atoms with Crippen molar-refractivity contribution in [2.75, 3.05) is 112 Å². The quantitative estimate of drug-likeness (QED) is 0.0659. The molecule has 4 saturated heterocycles. The van der Waals surface area contributed by atoms with Crippen molar-refractivity contribution in [2.45, 2.75) is 277 Å². The number of ether oxygens (including phenoxy) is 4. The highest BCUT2D eigenvalue weighted by atomic mass is 32.2. The first kappa shape index (κ1) is 109. The van der Waals surface area contributed by atoms with Crippen LogP contribution in [-0.4, -0.2) is 124 Å². The summed E-state index contributed by atoms with van der Waals surface area (Å²) >= 11 is 8.38.